The molecular formula is C14H22FNO. The van der Waals surface area contributed by atoms with Gasteiger partial charge in [0.15, 0.2) is 0 Å². The standard InChI is InChI=1S/C14H22FNO/c1-14(2,3)13(17)10-16(4)9-11-5-7-12(15)8-6-11/h5-8,13,17H,9-10H2,1-4H3. The Labute approximate surface area is 103 Å². The molecule has 1 unspecified atom stereocenters. The molecule has 0 spiro atoms. The van der Waals surface area contributed by atoms with Crippen molar-refractivity contribution >= 4 is 0 Å². The first-order valence-corrected chi connectivity index (χ1v) is 5.90. The summed E-state index contributed by atoms with van der Waals surface area (Å²) in [5.74, 6) is -0.217. The van der Waals surface area contributed by atoms with Gasteiger partial charge in [0.1, 0.15) is 5.82 Å². The Morgan fingerprint density at radius 1 is 1.24 bits per heavy atom. The fourth-order valence-corrected chi connectivity index (χ4v) is 1.54. The first-order valence-electron chi connectivity index (χ1n) is 5.90. The number of likely N-dealkylation sites (N-methyl/N-ethyl adjacent to an activating group) is 1. The number of hydrogen-bond donors (Lipinski definition) is 1. The lowest BCUT2D eigenvalue weighted by molar-refractivity contribution is 0.0333. The molecule has 0 radical (unpaired) electrons. The second-order valence-electron chi connectivity index (χ2n) is 5.71. The summed E-state index contributed by atoms with van der Waals surface area (Å²) in [4.78, 5) is 2.04. The highest BCUT2D eigenvalue weighted by Gasteiger charge is 2.23. The van der Waals surface area contributed by atoms with Crippen LogP contribution in [0.3, 0.4) is 0 Å². The molecule has 2 nitrogen and oxygen atoms in total. The highest BCUT2D eigenvalue weighted by atomic mass is 19.1. The molecule has 0 saturated carbocycles. The van der Waals surface area contributed by atoms with E-state index < -0.39 is 0 Å². The molecule has 0 amide bonds. The fraction of sp³-hybridized carbons (Fsp3) is 0.571. The van der Waals surface area contributed by atoms with Crippen LogP contribution in [0.2, 0.25) is 0 Å². The molecule has 1 rings (SSSR count). The predicted molar refractivity (Wildman–Crippen MR) is 68.2 cm³/mol. The number of hydrogen-bond acceptors (Lipinski definition) is 2. The van der Waals surface area contributed by atoms with Crippen molar-refractivity contribution in [2.24, 2.45) is 5.41 Å². The monoisotopic (exact) mass is 239 g/mol. The summed E-state index contributed by atoms with van der Waals surface area (Å²) in [6.45, 7) is 7.38. The smallest absolute Gasteiger partial charge is 0.123 e. The number of halogens is 1. The van der Waals surface area contributed by atoms with Crippen LogP contribution in [-0.2, 0) is 6.54 Å². The van der Waals surface area contributed by atoms with Gasteiger partial charge in [0.2, 0.25) is 0 Å². The fourth-order valence-electron chi connectivity index (χ4n) is 1.54. The Balaban J connectivity index is 2.50. The van der Waals surface area contributed by atoms with Gasteiger partial charge in [-0.15, -0.1) is 0 Å². The highest BCUT2D eigenvalue weighted by Crippen LogP contribution is 2.20. The second kappa shape index (κ2) is 5.61. The molecule has 0 fully saturated rings. The van der Waals surface area contributed by atoms with Gasteiger partial charge >= 0.3 is 0 Å². The molecular weight excluding hydrogens is 217 g/mol. The lowest BCUT2D eigenvalue weighted by Crippen LogP contribution is -2.37. The lowest BCUT2D eigenvalue weighted by atomic mass is 9.89. The molecule has 0 aliphatic carbocycles. The molecule has 0 aliphatic heterocycles. The minimum Gasteiger partial charge on any atom is -0.391 e. The van der Waals surface area contributed by atoms with Crippen molar-refractivity contribution in [2.75, 3.05) is 13.6 Å². The van der Waals surface area contributed by atoms with Crippen LogP contribution in [-0.4, -0.2) is 29.7 Å². The third kappa shape index (κ3) is 4.84. The average Bonchev–Trinajstić information content (AvgIpc) is 2.20. The number of benzene rings is 1. The minimum atomic E-state index is -0.368. The van der Waals surface area contributed by atoms with E-state index in [0.29, 0.717) is 13.1 Å². The molecule has 0 bridgehead atoms. The summed E-state index contributed by atoms with van der Waals surface area (Å²) in [6.07, 6.45) is -0.368. The van der Waals surface area contributed by atoms with Gasteiger partial charge in [0, 0.05) is 13.1 Å². The molecule has 1 aromatic rings. The van der Waals surface area contributed by atoms with E-state index in [2.05, 4.69) is 0 Å². The van der Waals surface area contributed by atoms with Crippen molar-refractivity contribution in [1.82, 2.24) is 4.90 Å². The third-order valence-corrected chi connectivity index (χ3v) is 2.85. The van der Waals surface area contributed by atoms with Crippen LogP contribution in [0.15, 0.2) is 24.3 Å². The van der Waals surface area contributed by atoms with Crippen molar-refractivity contribution in [3.05, 3.63) is 35.6 Å². The van der Waals surface area contributed by atoms with E-state index >= 15 is 0 Å². The summed E-state index contributed by atoms with van der Waals surface area (Å²) in [5, 5.41) is 9.98. The maximum absolute atomic E-state index is 12.7. The van der Waals surface area contributed by atoms with Crippen molar-refractivity contribution in [1.29, 1.82) is 0 Å². The molecule has 1 atom stereocenters. The molecule has 0 aliphatic rings. The summed E-state index contributed by atoms with van der Waals surface area (Å²) in [6, 6.07) is 6.47. The van der Waals surface area contributed by atoms with E-state index in [-0.39, 0.29) is 17.3 Å². The van der Waals surface area contributed by atoms with Gasteiger partial charge in [0.05, 0.1) is 6.10 Å². The Morgan fingerprint density at radius 2 is 1.76 bits per heavy atom. The van der Waals surface area contributed by atoms with Crippen molar-refractivity contribution in [3.8, 4) is 0 Å². The van der Waals surface area contributed by atoms with Crippen LogP contribution >= 0.6 is 0 Å². The maximum atomic E-state index is 12.7. The molecule has 0 saturated heterocycles. The van der Waals surface area contributed by atoms with Crippen LogP contribution in [0, 0.1) is 11.2 Å². The number of aliphatic hydroxyl groups is 1. The quantitative estimate of drug-likeness (QED) is 0.873. The van der Waals surface area contributed by atoms with Crippen molar-refractivity contribution in [3.63, 3.8) is 0 Å². The largest absolute Gasteiger partial charge is 0.391 e. The van der Waals surface area contributed by atoms with E-state index in [1.54, 1.807) is 12.1 Å². The molecule has 0 heterocycles. The molecule has 1 N–H and O–H groups in total. The van der Waals surface area contributed by atoms with Gasteiger partial charge in [-0.05, 0) is 30.2 Å². The normalized spacial score (nSPS) is 14.1. The van der Waals surface area contributed by atoms with Gasteiger partial charge in [0.25, 0.3) is 0 Å². The van der Waals surface area contributed by atoms with Gasteiger partial charge < -0.3 is 5.11 Å². The van der Waals surface area contributed by atoms with Gasteiger partial charge in [-0.3, -0.25) is 4.90 Å². The van der Waals surface area contributed by atoms with E-state index in [4.69, 9.17) is 0 Å². The van der Waals surface area contributed by atoms with E-state index in [0.717, 1.165) is 5.56 Å². The van der Waals surface area contributed by atoms with Crippen molar-refractivity contribution < 1.29 is 9.50 Å². The Bertz CT molecular complexity index is 342. The first kappa shape index (κ1) is 14.1. The van der Waals surface area contributed by atoms with Crippen LogP contribution in [0.1, 0.15) is 26.3 Å². The number of nitrogens with zero attached hydrogens (tertiary/aromatic N) is 1. The zero-order valence-corrected chi connectivity index (χ0v) is 11.1. The SMILES string of the molecule is CN(Cc1ccc(F)cc1)CC(O)C(C)(C)C. The average molecular weight is 239 g/mol. The van der Waals surface area contributed by atoms with Crippen LogP contribution in [0.25, 0.3) is 0 Å². The topological polar surface area (TPSA) is 23.5 Å². The van der Waals surface area contributed by atoms with E-state index in [1.165, 1.54) is 12.1 Å². The third-order valence-electron chi connectivity index (χ3n) is 2.85. The predicted octanol–water partition coefficient (Wildman–Crippen LogP) is 2.66. The molecule has 17 heavy (non-hydrogen) atoms. The molecule has 96 valence electrons. The number of rotatable bonds is 4. The first-order chi connectivity index (χ1) is 7.79. The Kier molecular flexibility index (Phi) is 4.66. The van der Waals surface area contributed by atoms with Crippen LogP contribution in [0.5, 0.6) is 0 Å². The number of aliphatic hydroxyl groups excluding tert-OH is 1. The lowest BCUT2D eigenvalue weighted by Gasteiger charge is -2.29. The minimum absolute atomic E-state index is 0.114. The second-order valence-corrected chi connectivity index (χ2v) is 5.71. The summed E-state index contributed by atoms with van der Waals surface area (Å²) in [5.41, 5.74) is 0.937. The van der Waals surface area contributed by atoms with Gasteiger partial charge in [-0.2, -0.15) is 0 Å². The summed E-state index contributed by atoms with van der Waals surface area (Å²) < 4.78 is 12.7. The van der Waals surface area contributed by atoms with Gasteiger partial charge in [-0.25, -0.2) is 4.39 Å². The van der Waals surface area contributed by atoms with Crippen LogP contribution in [0.4, 0.5) is 4.39 Å². The summed E-state index contributed by atoms with van der Waals surface area (Å²) >= 11 is 0. The molecule has 0 aromatic heterocycles. The van der Waals surface area contributed by atoms with E-state index in [9.17, 15) is 9.50 Å². The molecule has 3 heteroatoms. The Morgan fingerprint density at radius 3 is 2.24 bits per heavy atom. The maximum Gasteiger partial charge on any atom is 0.123 e. The zero-order chi connectivity index (χ0) is 13.1. The Hall–Kier alpha value is -0.930. The highest BCUT2D eigenvalue weighted by molar-refractivity contribution is 5.15. The summed E-state index contributed by atoms with van der Waals surface area (Å²) in [7, 11) is 1.96. The zero-order valence-electron chi connectivity index (χ0n) is 11.1. The van der Waals surface area contributed by atoms with Gasteiger partial charge in [-0.1, -0.05) is 32.9 Å². The molecule has 1 aromatic carbocycles. The van der Waals surface area contributed by atoms with Crippen molar-refractivity contribution in [2.45, 2.75) is 33.4 Å². The van der Waals surface area contributed by atoms with E-state index in [1.807, 2.05) is 32.7 Å². The van der Waals surface area contributed by atoms with Crippen LogP contribution < -0.4 is 0 Å².